The Balaban J connectivity index is 2.00. The number of benzene rings is 1. The number of rotatable bonds is 4. The van der Waals surface area contributed by atoms with Gasteiger partial charge in [0.1, 0.15) is 5.82 Å². The van der Waals surface area contributed by atoms with Crippen molar-refractivity contribution in [1.29, 1.82) is 5.26 Å². The van der Waals surface area contributed by atoms with Gasteiger partial charge >= 0.3 is 0 Å². The van der Waals surface area contributed by atoms with Gasteiger partial charge in [0.2, 0.25) is 0 Å². The zero-order chi connectivity index (χ0) is 13.8. The van der Waals surface area contributed by atoms with Gasteiger partial charge < -0.3 is 5.32 Å². The standard InChI is InChI=1S/C14H15FN4/c1-10-13(9-18-19(10)2)8-17-7-12-5-11(6-16)3-4-14(12)15/h3-5,9,17H,7-8H2,1-2H3. The number of halogens is 1. The zero-order valence-corrected chi connectivity index (χ0v) is 10.9. The van der Waals surface area contributed by atoms with Crippen LogP contribution in [0.25, 0.3) is 0 Å². The minimum absolute atomic E-state index is 0.297. The third-order valence-electron chi connectivity index (χ3n) is 3.14. The van der Waals surface area contributed by atoms with Crippen LogP contribution in [-0.2, 0) is 20.1 Å². The third kappa shape index (κ3) is 2.98. The molecule has 0 fully saturated rings. The fourth-order valence-corrected chi connectivity index (χ4v) is 1.83. The maximum absolute atomic E-state index is 13.5. The average molecular weight is 258 g/mol. The predicted molar refractivity (Wildman–Crippen MR) is 69.6 cm³/mol. The van der Waals surface area contributed by atoms with Crippen molar-refractivity contribution >= 4 is 0 Å². The minimum Gasteiger partial charge on any atom is -0.308 e. The van der Waals surface area contributed by atoms with Crippen LogP contribution < -0.4 is 5.32 Å². The highest BCUT2D eigenvalue weighted by Crippen LogP contribution is 2.11. The Kier molecular flexibility index (Phi) is 3.93. The Labute approximate surface area is 111 Å². The van der Waals surface area contributed by atoms with E-state index >= 15 is 0 Å². The molecule has 19 heavy (non-hydrogen) atoms. The molecular weight excluding hydrogens is 243 g/mol. The van der Waals surface area contributed by atoms with Gasteiger partial charge in [-0.15, -0.1) is 0 Å². The average Bonchev–Trinajstić information content (AvgIpc) is 2.73. The molecule has 0 unspecified atom stereocenters. The first-order valence-corrected chi connectivity index (χ1v) is 5.98. The van der Waals surface area contributed by atoms with Crippen LogP contribution in [0.4, 0.5) is 4.39 Å². The topological polar surface area (TPSA) is 53.6 Å². The van der Waals surface area contributed by atoms with Gasteiger partial charge in [-0.2, -0.15) is 10.4 Å². The van der Waals surface area contributed by atoms with Gasteiger partial charge in [0.15, 0.2) is 0 Å². The summed E-state index contributed by atoms with van der Waals surface area (Å²) < 4.78 is 15.3. The molecule has 0 aliphatic heterocycles. The first kappa shape index (κ1) is 13.2. The first-order chi connectivity index (χ1) is 9.11. The molecular formula is C14H15FN4. The van der Waals surface area contributed by atoms with Gasteiger partial charge in [-0.1, -0.05) is 0 Å². The van der Waals surface area contributed by atoms with E-state index in [0.29, 0.717) is 24.2 Å². The summed E-state index contributed by atoms with van der Waals surface area (Å²) in [6.07, 6.45) is 1.80. The van der Waals surface area contributed by atoms with E-state index in [1.807, 2.05) is 20.0 Å². The summed E-state index contributed by atoms with van der Waals surface area (Å²) in [4.78, 5) is 0. The molecule has 98 valence electrons. The Morgan fingerprint density at radius 3 is 2.74 bits per heavy atom. The predicted octanol–water partition coefficient (Wildman–Crippen LogP) is 2.03. The molecule has 5 heteroatoms. The minimum atomic E-state index is -0.297. The molecule has 0 aliphatic rings. The number of hydrogen-bond acceptors (Lipinski definition) is 3. The molecule has 0 radical (unpaired) electrons. The SMILES string of the molecule is Cc1c(CNCc2cc(C#N)ccc2F)cnn1C. The van der Waals surface area contributed by atoms with Crippen LogP contribution in [0.15, 0.2) is 24.4 Å². The van der Waals surface area contributed by atoms with Gasteiger partial charge in [0.25, 0.3) is 0 Å². The maximum atomic E-state index is 13.5. The third-order valence-corrected chi connectivity index (χ3v) is 3.14. The van der Waals surface area contributed by atoms with Crippen LogP contribution in [0.3, 0.4) is 0 Å². The molecule has 0 spiro atoms. The van der Waals surface area contributed by atoms with Crippen molar-refractivity contribution in [2.75, 3.05) is 0 Å². The van der Waals surface area contributed by atoms with E-state index in [4.69, 9.17) is 5.26 Å². The van der Waals surface area contributed by atoms with Crippen LogP contribution in [0.1, 0.15) is 22.4 Å². The van der Waals surface area contributed by atoms with E-state index < -0.39 is 0 Å². The van der Waals surface area contributed by atoms with Crippen LogP contribution in [0.2, 0.25) is 0 Å². The summed E-state index contributed by atoms with van der Waals surface area (Å²) in [5, 5.41) is 16.1. The van der Waals surface area contributed by atoms with E-state index in [9.17, 15) is 4.39 Å². The lowest BCUT2D eigenvalue weighted by Gasteiger charge is -2.06. The molecule has 0 saturated carbocycles. The van der Waals surface area contributed by atoms with E-state index in [2.05, 4.69) is 10.4 Å². The number of aryl methyl sites for hydroxylation is 1. The van der Waals surface area contributed by atoms with Crippen LogP contribution in [0, 0.1) is 24.1 Å². The largest absolute Gasteiger partial charge is 0.308 e. The number of aromatic nitrogens is 2. The molecule has 2 aromatic rings. The van der Waals surface area contributed by atoms with Gasteiger partial charge in [-0.25, -0.2) is 4.39 Å². The van der Waals surface area contributed by atoms with Gasteiger partial charge in [-0.3, -0.25) is 4.68 Å². The summed E-state index contributed by atoms with van der Waals surface area (Å²) in [7, 11) is 1.88. The number of nitriles is 1. The van der Waals surface area contributed by atoms with Crippen molar-refractivity contribution in [3.8, 4) is 6.07 Å². The fraction of sp³-hybridized carbons (Fsp3) is 0.286. The molecule has 1 N–H and O–H groups in total. The molecule has 2 rings (SSSR count). The Morgan fingerprint density at radius 1 is 1.37 bits per heavy atom. The van der Waals surface area contributed by atoms with Crippen molar-refractivity contribution in [2.24, 2.45) is 7.05 Å². The molecule has 4 nitrogen and oxygen atoms in total. The Bertz CT molecular complexity index is 625. The molecule has 0 atom stereocenters. The van der Waals surface area contributed by atoms with Crippen molar-refractivity contribution < 1.29 is 4.39 Å². The normalized spacial score (nSPS) is 10.4. The molecule has 0 saturated heterocycles. The maximum Gasteiger partial charge on any atom is 0.127 e. The number of nitrogens with zero attached hydrogens (tertiary/aromatic N) is 3. The molecule has 0 amide bonds. The highest BCUT2D eigenvalue weighted by Gasteiger charge is 2.06. The highest BCUT2D eigenvalue weighted by atomic mass is 19.1. The number of nitrogens with one attached hydrogen (secondary N) is 1. The van der Waals surface area contributed by atoms with Gasteiger partial charge in [0, 0.05) is 37.0 Å². The quantitative estimate of drug-likeness (QED) is 0.913. The van der Waals surface area contributed by atoms with Gasteiger partial charge in [-0.05, 0) is 25.1 Å². The molecule has 1 aromatic heterocycles. The zero-order valence-electron chi connectivity index (χ0n) is 10.9. The van der Waals surface area contributed by atoms with Crippen molar-refractivity contribution in [3.05, 3.63) is 52.6 Å². The smallest absolute Gasteiger partial charge is 0.127 e. The summed E-state index contributed by atoms with van der Waals surface area (Å²) in [5.41, 5.74) is 3.13. The Morgan fingerprint density at radius 2 is 2.11 bits per heavy atom. The van der Waals surface area contributed by atoms with Crippen LogP contribution >= 0.6 is 0 Å². The second-order valence-corrected chi connectivity index (χ2v) is 4.40. The van der Waals surface area contributed by atoms with E-state index in [0.717, 1.165) is 11.3 Å². The van der Waals surface area contributed by atoms with Gasteiger partial charge in [0.05, 0.1) is 17.8 Å². The lowest BCUT2D eigenvalue weighted by atomic mass is 10.1. The second-order valence-electron chi connectivity index (χ2n) is 4.40. The molecule has 0 bridgehead atoms. The first-order valence-electron chi connectivity index (χ1n) is 5.98. The lowest BCUT2D eigenvalue weighted by Crippen LogP contribution is -2.14. The lowest BCUT2D eigenvalue weighted by molar-refractivity contribution is 0.587. The van der Waals surface area contributed by atoms with Crippen molar-refractivity contribution in [1.82, 2.24) is 15.1 Å². The summed E-state index contributed by atoms with van der Waals surface area (Å²) in [6, 6.07) is 6.38. The summed E-state index contributed by atoms with van der Waals surface area (Å²) in [5.74, 6) is -0.297. The van der Waals surface area contributed by atoms with Crippen molar-refractivity contribution in [3.63, 3.8) is 0 Å². The monoisotopic (exact) mass is 258 g/mol. The van der Waals surface area contributed by atoms with E-state index in [1.54, 1.807) is 16.9 Å². The molecule has 1 heterocycles. The summed E-state index contributed by atoms with van der Waals surface area (Å²) in [6.45, 7) is 2.99. The highest BCUT2D eigenvalue weighted by molar-refractivity contribution is 5.33. The number of hydrogen-bond donors (Lipinski definition) is 1. The molecule has 1 aromatic carbocycles. The second kappa shape index (κ2) is 5.63. The fourth-order valence-electron chi connectivity index (χ4n) is 1.83. The van der Waals surface area contributed by atoms with Crippen LogP contribution in [-0.4, -0.2) is 9.78 Å². The summed E-state index contributed by atoms with van der Waals surface area (Å²) >= 11 is 0. The van der Waals surface area contributed by atoms with Crippen LogP contribution in [0.5, 0.6) is 0 Å². The Hall–Kier alpha value is -2.19. The molecule has 0 aliphatic carbocycles. The van der Waals surface area contributed by atoms with E-state index in [1.165, 1.54) is 12.1 Å². The van der Waals surface area contributed by atoms with E-state index in [-0.39, 0.29) is 5.82 Å². The van der Waals surface area contributed by atoms with Crippen molar-refractivity contribution in [2.45, 2.75) is 20.0 Å².